The van der Waals surface area contributed by atoms with Crippen molar-refractivity contribution >= 4 is 29.0 Å². The van der Waals surface area contributed by atoms with Gasteiger partial charge in [0.15, 0.2) is 0 Å². The molecular formula is C24H27NO4S. The third-order valence-electron chi connectivity index (χ3n) is 4.81. The fourth-order valence-corrected chi connectivity index (χ4v) is 4.06. The van der Waals surface area contributed by atoms with Gasteiger partial charge in [-0.3, -0.25) is 14.5 Å². The van der Waals surface area contributed by atoms with Gasteiger partial charge in [-0.25, -0.2) is 0 Å². The molecule has 2 aromatic rings. The van der Waals surface area contributed by atoms with Gasteiger partial charge in [-0.2, -0.15) is 0 Å². The molecule has 158 valence electrons. The molecule has 0 bridgehead atoms. The van der Waals surface area contributed by atoms with Crippen LogP contribution >= 0.6 is 11.8 Å². The van der Waals surface area contributed by atoms with Crippen molar-refractivity contribution in [2.24, 2.45) is 0 Å². The number of nitrogens with zero attached hydrogens (tertiary/aromatic N) is 1. The molecule has 0 unspecified atom stereocenters. The Labute approximate surface area is 182 Å². The van der Waals surface area contributed by atoms with E-state index in [9.17, 15) is 9.59 Å². The first kappa shape index (κ1) is 22.0. The molecule has 0 aromatic heterocycles. The summed E-state index contributed by atoms with van der Waals surface area (Å²) >= 11 is 0.972. The van der Waals surface area contributed by atoms with Crippen molar-refractivity contribution in [1.29, 1.82) is 0 Å². The van der Waals surface area contributed by atoms with Gasteiger partial charge in [0.2, 0.25) is 0 Å². The Kier molecular flexibility index (Phi) is 7.21. The molecule has 1 fully saturated rings. The van der Waals surface area contributed by atoms with Crippen molar-refractivity contribution in [3.05, 3.63) is 64.1 Å². The molecule has 0 N–H and O–H groups in total. The molecule has 3 rings (SSSR count). The fraction of sp³-hybridized carbons (Fsp3) is 0.333. The summed E-state index contributed by atoms with van der Waals surface area (Å²) in [4.78, 5) is 26.9. The monoisotopic (exact) mass is 425 g/mol. The van der Waals surface area contributed by atoms with Crippen molar-refractivity contribution in [3.8, 4) is 11.5 Å². The molecule has 0 aliphatic carbocycles. The lowest BCUT2D eigenvalue weighted by Gasteiger charge is -2.16. The Bertz CT molecular complexity index is 953. The van der Waals surface area contributed by atoms with Crippen molar-refractivity contribution in [1.82, 2.24) is 4.90 Å². The summed E-state index contributed by atoms with van der Waals surface area (Å²) in [6.07, 6.45) is 1.81. The van der Waals surface area contributed by atoms with Gasteiger partial charge in [-0.1, -0.05) is 32.0 Å². The molecular weight excluding hydrogens is 398 g/mol. The number of hydrogen-bond donors (Lipinski definition) is 0. The highest BCUT2D eigenvalue weighted by atomic mass is 32.2. The number of thioether (sulfide) groups is 1. The van der Waals surface area contributed by atoms with Crippen molar-refractivity contribution in [3.63, 3.8) is 0 Å². The highest BCUT2D eigenvalue weighted by Gasteiger charge is 2.35. The van der Waals surface area contributed by atoms with Crippen LogP contribution in [0.3, 0.4) is 0 Å². The smallest absolute Gasteiger partial charge is 0.293 e. The summed E-state index contributed by atoms with van der Waals surface area (Å²) in [5.41, 5.74) is 3.01. The minimum atomic E-state index is -0.277. The normalized spacial score (nSPS) is 15.4. The van der Waals surface area contributed by atoms with E-state index in [1.165, 1.54) is 4.90 Å². The number of ether oxygens (including phenoxy) is 2. The van der Waals surface area contributed by atoms with Crippen molar-refractivity contribution in [2.75, 3.05) is 19.8 Å². The molecule has 1 aliphatic heterocycles. The van der Waals surface area contributed by atoms with E-state index >= 15 is 0 Å². The second-order valence-corrected chi connectivity index (χ2v) is 8.32. The molecule has 1 aliphatic rings. The predicted octanol–water partition coefficient (Wildman–Crippen LogP) is 5.63. The maximum atomic E-state index is 12.8. The fourth-order valence-electron chi connectivity index (χ4n) is 3.21. The molecule has 6 heteroatoms. The highest BCUT2D eigenvalue weighted by molar-refractivity contribution is 8.18. The summed E-state index contributed by atoms with van der Waals surface area (Å²) in [5, 5.41) is -0.268. The lowest BCUT2D eigenvalue weighted by molar-refractivity contribution is -0.123. The van der Waals surface area contributed by atoms with Crippen LogP contribution < -0.4 is 9.47 Å². The maximum Gasteiger partial charge on any atom is 0.293 e. The SMILES string of the molecule is CCOc1cc(C)c(/C=C2\SC(=O)N(CCOc3ccccc3)C2=O)cc1C(C)C. The number of benzene rings is 2. The first-order valence-electron chi connectivity index (χ1n) is 10.1. The van der Waals surface area contributed by atoms with Gasteiger partial charge in [0.05, 0.1) is 18.1 Å². The van der Waals surface area contributed by atoms with Gasteiger partial charge >= 0.3 is 0 Å². The number of hydrogen-bond acceptors (Lipinski definition) is 5. The number of carbonyl (C=O) groups excluding carboxylic acids is 2. The van der Waals surface area contributed by atoms with Crippen LogP contribution in [-0.4, -0.2) is 35.8 Å². The predicted molar refractivity (Wildman–Crippen MR) is 121 cm³/mol. The molecule has 0 radical (unpaired) electrons. The van der Waals surface area contributed by atoms with Gasteiger partial charge in [0.1, 0.15) is 18.1 Å². The third-order valence-corrected chi connectivity index (χ3v) is 5.71. The lowest BCUT2D eigenvalue weighted by atomic mass is 9.96. The van der Waals surface area contributed by atoms with Crippen molar-refractivity contribution in [2.45, 2.75) is 33.6 Å². The summed E-state index contributed by atoms with van der Waals surface area (Å²) in [7, 11) is 0. The standard InChI is InChI=1S/C24H27NO4S/c1-5-28-21-13-17(4)18(14-20(21)16(2)3)15-22-23(26)25(24(27)30-22)11-12-29-19-9-7-6-8-10-19/h6-10,13-16H,5,11-12H2,1-4H3/b22-15-. The van der Waals surface area contributed by atoms with Gasteiger partial charge in [0, 0.05) is 0 Å². The van der Waals surface area contributed by atoms with Crippen LogP contribution in [0.25, 0.3) is 6.08 Å². The van der Waals surface area contributed by atoms with E-state index in [0.717, 1.165) is 34.2 Å². The topological polar surface area (TPSA) is 55.8 Å². The molecule has 2 aromatic carbocycles. The second kappa shape index (κ2) is 9.85. The summed E-state index contributed by atoms with van der Waals surface area (Å²) in [6.45, 7) is 9.24. The van der Waals surface area contributed by atoms with Gasteiger partial charge in [0.25, 0.3) is 11.1 Å². The number of amides is 2. The number of para-hydroxylation sites is 1. The van der Waals surface area contributed by atoms with E-state index in [0.29, 0.717) is 17.3 Å². The Morgan fingerprint density at radius 3 is 2.50 bits per heavy atom. The molecule has 0 saturated carbocycles. The number of aryl methyl sites for hydroxylation is 1. The minimum absolute atomic E-state index is 0.219. The van der Waals surface area contributed by atoms with E-state index in [-0.39, 0.29) is 30.2 Å². The van der Waals surface area contributed by atoms with Crippen LogP contribution in [0.4, 0.5) is 4.79 Å². The molecule has 2 amide bonds. The molecule has 1 heterocycles. The first-order valence-corrected chi connectivity index (χ1v) is 10.9. The van der Waals surface area contributed by atoms with Crippen LogP contribution in [-0.2, 0) is 4.79 Å². The first-order chi connectivity index (χ1) is 14.4. The summed E-state index contributed by atoms with van der Waals surface area (Å²) in [6, 6.07) is 13.4. The van der Waals surface area contributed by atoms with Crippen LogP contribution in [0, 0.1) is 6.92 Å². The van der Waals surface area contributed by atoms with Crippen LogP contribution in [0.5, 0.6) is 11.5 Å². The largest absolute Gasteiger partial charge is 0.494 e. The Hall–Kier alpha value is -2.73. The van der Waals surface area contributed by atoms with Crippen LogP contribution in [0.2, 0.25) is 0 Å². The van der Waals surface area contributed by atoms with Gasteiger partial charge in [-0.15, -0.1) is 0 Å². The zero-order chi connectivity index (χ0) is 21.7. The highest BCUT2D eigenvalue weighted by Crippen LogP contribution is 2.35. The molecule has 30 heavy (non-hydrogen) atoms. The summed E-state index contributed by atoms with van der Waals surface area (Å²) < 4.78 is 11.4. The molecule has 0 atom stereocenters. The van der Waals surface area contributed by atoms with Crippen LogP contribution in [0.1, 0.15) is 43.4 Å². The third kappa shape index (κ3) is 5.05. The summed E-state index contributed by atoms with van der Waals surface area (Å²) in [5.74, 6) is 1.59. The van der Waals surface area contributed by atoms with E-state index in [1.54, 1.807) is 6.08 Å². The maximum absolute atomic E-state index is 12.8. The lowest BCUT2D eigenvalue weighted by Crippen LogP contribution is -2.32. The Morgan fingerprint density at radius 1 is 1.10 bits per heavy atom. The number of imide groups is 1. The van der Waals surface area contributed by atoms with E-state index in [4.69, 9.17) is 9.47 Å². The molecule has 0 spiro atoms. The Morgan fingerprint density at radius 2 is 1.83 bits per heavy atom. The van der Waals surface area contributed by atoms with E-state index in [2.05, 4.69) is 19.9 Å². The van der Waals surface area contributed by atoms with Gasteiger partial charge < -0.3 is 9.47 Å². The number of rotatable bonds is 8. The Balaban J connectivity index is 1.75. The zero-order valence-corrected chi connectivity index (χ0v) is 18.6. The number of carbonyl (C=O) groups is 2. The van der Waals surface area contributed by atoms with Crippen LogP contribution in [0.15, 0.2) is 47.4 Å². The zero-order valence-electron chi connectivity index (χ0n) is 17.8. The quantitative estimate of drug-likeness (QED) is 0.513. The van der Waals surface area contributed by atoms with Crippen molar-refractivity contribution < 1.29 is 19.1 Å². The van der Waals surface area contributed by atoms with E-state index < -0.39 is 0 Å². The average Bonchev–Trinajstić information content (AvgIpc) is 2.98. The van der Waals surface area contributed by atoms with Gasteiger partial charge in [-0.05, 0) is 78.6 Å². The minimum Gasteiger partial charge on any atom is -0.494 e. The molecule has 5 nitrogen and oxygen atoms in total. The average molecular weight is 426 g/mol. The van der Waals surface area contributed by atoms with E-state index in [1.807, 2.05) is 50.2 Å². The second-order valence-electron chi connectivity index (χ2n) is 7.33. The molecule has 1 saturated heterocycles.